The maximum Gasteiger partial charge on any atom is 0.148 e. The molecular formula is C12H20N4O. The van der Waals surface area contributed by atoms with Crippen molar-refractivity contribution in [1.29, 1.82) is 0 Å². The Bertz CT molecular complexity index is 390. The fourth-order valence-electron chi connectivity index (χ4n) is 1.27. The van der Waals surface area contributed by atoms with Crippen LogP contribution in [0.5, 0.6) is 0 Å². The van der Waals surface area contributed by atoms with Crippen molar-refractivity contribution in [3.05, 3.63) is 11.9 Å². The van der Waals surface area contributed by atoms with E-state index in [1.54, 1.807) is 6.92 Å². The fourth-order valence-corrected chi connectivity index (χ4v) is 1.27. The van der Waals surface area contributed by atoms with Crippen molar-refractivity contribution in [2.24, 2.45) is 5.92 Å². The minimum absolute atomic E-state index is 0.0814. The Labute approximate surface area is 102 Å². The molecular weight excluding hydrogens is 216 g/mol. The lowest BCUT2D eigenvalue weighted by molar-refractivity contribution is -0.115. The van der Waals surface area contributed by atoms with E-state index in [1.807, 2.05) is 13.0 Å². The highest BCUT2D eigenvalue weighted by molar-refractivity contribution is 5.80. The molecule has 0 atom stereocenters. The van der Waals surface area contributed by atoms with Gasteiger partial charge >= 0.3 is 0 Å². The molecule has 0 aliphatic rings. The number of hydrogen-bond acceptors (Lipinski definition) is 5. The summed E-state index contributed by atoms with van der Waals surface area (Å²) in [4.78, 5) is 19.4. The SMILES string of the molecule is CC(=O)CNc1cc(NCC(C)C)nc(C)n1. The zero-order valence-electron chi connectivity index (χ0n) is 10.9. The van der Waals surface area contributed by atoms with Crippen LogP contribution in [-0.2, 0) is 4.79 Å². The highest BCUT2D eigenvalue weighted by atomic mass is 16.1. The second kappa shape index (κ2) is 6.18. The monoisotopic (exact) mass is 236 g/mol. The van der Waals surface area contributed by atoms with Gasteiger partial charge in [0.15, 0.2) is 0 Å². The molecule has 1 heterocycles. The van der Waals surface area contributed by atoms with Gasteiger partial charge in [0.2, 0.25) is 0 Å². The Morgan fingerprint density at radius 3 is 2.41 bits per heavy atom. The summed E-state index contributed by atoms with van der Waals surface area (Å²) in [5.74, 6) is 2.79. The number of hydrogen-bond donors (Lipinski definition) is 2. The van der Waals surface area contributed by atoms with Gasteiger partial charge in [-0.2, -0.15) is 0 Å². The fraction of sp³-hybridized carbons (Fsp3) is 0.583. The van der Waals surface area contributed by atoms with Gasteiger partial charge in [0.05, 0.1) is 6.54 Å². The van der Waals surface area contributed by atoms with Crippen molar-refractivity contribution in [3.8, 4) is 0 Å². The van der Waals surface area contributed by atoms with Crippen LogP contribution in [0.1, 0.15) is 26.6 Å². The van der Waals surface area contributed by atoms with Crippen molar-refractivity contribution in [2.75, 3.05) is 23.7 Å². The quantitative estimate of drug-likeness (QED) is 0.789. The molecule has 0 aliphatic carbocycles. The van der Waals surface area contributed by atoms with Gasteiger partial charge in [-0.15, -0.1) is 0 Å². The van der Waals surface area contributed by atoms with Gasteiger partial charge in [0.1, 0.15) is 23.2 Å². The molecule has 0 saturated heterocycles. The van der Waals surface area contributed by atoms with E-state index in [1.165, 1.54) is 0 Å². The van der Waals surface area contributed by atoms with E-state index in [-0.39, 0.29) is 5.78 Å². The lowest BCUT2D eigenvalue weighted by atomic mass is 10.2. The number of nitrogens with zero attached hydrogens (tertiary/aromatic N) is 2. The summed E-state index contributed by atoms with van der Waals surface area (Å²) in [7, 11) is 0. The zero-order valence-corrected chi connectivity index (χ0v) is 10.9. The van der Waals surface area contributed by atoms with Crippen molar-refractivity contribution >= 4 is 17.4 Å². The minimum Gasteiger partial charge on any atom is -0.370 e. The molecule has 1 aromatic rings. The lowest BCUT2D eigenvalue weighted by Crippen LogP contribution is -2.14. The molecule has 0 amide bonds. The van der Waals surface area contributed by atoms with Crippen LogP contribution in [0.25, 0.3) is 0 Å². The van der Waals surface area contributed by atoms with Crippen molar-refractivity contribution in [3.63, 3.8) is 0 Å². The molecule has 17 heavy (non-hydrogen) atoms. The zero-order chi connectivity index (χ0) is 12.8. The molecule has 1 aromatic heterocycles. The third-order valence-corrected chi connectivity index (χ3v) is 2.05. The Morgan fingerprint density at radius 2 is 1.88 bits per heavy atom. The molecule has 0 saturated carbocycles. The molecule has 0 bridgehead atoms. The number of aryl methyl sites for hydroxylation is 1. The largest absolute Gasteiger partial charge is 0.370 e. The van der Waals surface area contributed by atoms with Crippen LogP contribution in [-0.4, -0.2) is 28.8 Å². The maximum atomic E-state index is 10.9. The molecule has 94 valence electrons. The summed E-state index contributed by atoms with van der Waals surface area (Å²) < 4.78 is 0. The van der Waals surface area contributed by atoms with Gasteiger partial charge in [-0.1, -0.05) is 13.8 Å². The molecule has 0 aromatic carbocycles. The molecule has 0 radical (unpaired) electrons. The molecule has 0 unspecified atom stereocenters. The predicted molar refractivity (Wildman–Crippen MR) is 69.3 cm³/mol. The summed E-state index contributed by atoms with van der Waals surface area (Å²) in [6.45, 7) is 8.80. The van der Waals surface area contributed by atoms with E-state index in [0.29, 0.717) is 24.1 Å². The molecule has 5 heteroatoms. The topological polar surface area (TPSA) is 66.9 Å². The first-order valence-electron chi connectivity index (χ1n) is 5.80. The van der Waals surface area contributed by atoms with Gasteiger partial charge in [-0.05, 0) is 19.8 Å². The minimum atomic E-state index is 0.0814. The Kier molecular flexibility index (Phi) is 4.87. The average Bonchev–Trinajstić information content (AvgIpc) is 2.23. The number of nitrogens with one attached hydrogen (secondary N) is 2. The van der Waals surface area contributed by atoms with Crippen LogP contribution >= 0.6 is 0 Å². The molecule has 5 nitrogen and oxygen atoms in total. The molecule has 0 spiro atoms. The number of aromatic nitrogens is 2. The normalized spacial score (nSPS) is 10.4. The van der Waals surface area contributed by atoms with Crippen LogP contribution < -0.4 is 10.6 Å². The smallest absolute Gasteiger partial charge is 0.148 e. The molecule has 2 N–H and O–H groups in total. The van der Waals surface area contributed by atoms with Crippen LogP contribution in [0.15, 0.2) is 6.07 Å². The van der Waals surface area contributed by atoms with Crippen molar-refractivity contribution in [2.45, 2.75) is 27.7 Å². The molecule has 0 fully saturated rings. The lowest BCUT2D eigenvalue weighted by Gasteiger charge is -2.10. The second-order valence-electron chi connectivity index (χ2n) is 4.52. The third-order valence-electron chi connectivity index (χ3n) is 2.05. The molecule has 0 aliphatic heterocycles. The number of carbonyl (C=O) groups excluding carboxylic acids is 1. The highest BCUT2D eigenvalue weighted by Gasteiger charge is 2.03. The van der Waals surface area contributed by atoms with Crippen LogP contribution in [0.4, 0.5) is 11.6 Å². The predicted octanol–water partition coefficient (Wildman–Crippen LogP) is 1.85. The van der Waals surface area contributed by atoms with E-state index in [9.17, 15) is 4.79 Å². The van der Waals surface area contributed by atoms with Crippen LogP contribution in [0.2, 0.25) is 0 Å². The summed E-state index contributed by atoms with van der Waals surface area (Å²) in [6.07, 6.45) is 0. The average molecular weight is 236 g/mol. The van der Waals surface area contributed by atoms with E-state index in [2.05, 4.69) is 34.4 Å². The Hall–Kier alpha value is -1.65. The summed E-state index contributed by atoms with van der Waals surface area (Å²) >= 11 is 0. The van der Waals surface area contributed by atoms with Gasteiger partial charge in [0.25, 0.3) is 0 Å². The van der Waals surface area contributed by atoms with Crippen molar-refractivity contribution in [1.82, 2.24) is 9.97 Å². The van der Waals surface area contributed by atoms with Gasteiger partial charge < -0.3 is 10.6 Å². The van der Waals surface area contributed by atoms with Crippen molar-refractivity contribution < 1.29 is 4.79 Å². The standard InChI is InChI=1S/C12H20N4O/c1-8(2)6-13-11-5-12(14-7-9(3)17)16-10(4)15-11/h5,8H,6-7H2,1-4H3,(H2,13,14,15,16). The first-order chi connectivity index (χ1) is 7.97. The summed E-state index contributed by atoms with van der Waals surface area (Å²) in [5.41, 5.74) is 0. The van der Waals surface area contributed by atoms with Gasteiger partial charge in [0, 0.05) is 12.6 Å². The molecule has 1 rings (SSSR count). The van der Waals surface area contributed by atoms with Crippen LogP contribution in [0.3, 0.4) is 0 Å². The van der Waals surface area contributed by atoms with Crippen LogP contribution in [0, 0.1) is 12.8 Å². The summed E-state index contributed by atoms with van der Waals surface area (Å²) in [5, 5.41) is 6.21. The van der Waals surface area contributed by atoms with E-state index in [0.717, 1.165) is 12.4 Å². The number of ketones is 1. The van der Waals surface area contributed by atoms with E-state index < -0.39 is 0 Å². The number of carbonyl (C=O) groups is 1. The second-order valence-corrected chi connectivity index (χ2v) is 4.52. The first-order valence-corrected chi connectivity index (χ1v) is 5.80. The highest BCUT2D eigenvalue weighted by Crippen LogP contribution is 2.11. The number of Topliss-reactive ketones (excluding diaryl/α,β-unsaturated/α-hetero) is 1. The first kappa shape index (κ1) is 13.4. The summed E-state index contributed by atoms with van der Waals surface area (Å²) in [6, 6.07) is 1.82. The number of anilines is 2. The maximum absolute atomic E-state index is 10.9. The Balaban J connectivity index is 2.68. The van der Waals surface area contributed by atoms with Gasteiger partial charge in [-0.25, -0.2) is 9.97 Å². The van der Waals surface area contributed by atoms with Gasteiger partial charge in [-0.3, -0.25) is 4.79 Å². The van der Waals surface area contributed by atoms with E-state index >= 15 is 0 Å². The van der Waals surface area contributed by atoms with E-state index in [4.69, 9.17) is 0 Å². The third kappa shape index (κ3) is 5.29. The number of rotatable bonds is 6. The Morgan fingerprint density at radius 1 is 1.29 bits per heavy atom.